The van der Waals surface area contributed by atoms with E-state index in [4.69, 9.17) is 0 Å². The molecule has 0 unspecified atom stereocenters. The number of benzene rings is 2. The highest BCUT2D eigenvalue weighted by atomic mass is 32.2. The Labute approximate surface area is 142 Å². The minimum Gasteiger partial charge on any atom is -0.322 e. The van der Waals surface area contributed by atoms with Gasteiger partial charge in [0.05, 0.1) is 9.82 Å². The first-order chi connectivity index (χ1) is 11.7. The normalized spacial score (nSPS) is 11.2. The van der Waals surface area contributed by atoms with Crippen LogP contribution in [0.25, 0.3) is 0 Å². The standard InChI is InChI=1S/C15H14FN3O5S/c1-9-3-5-11(8-14(9)25(23,24)17-2)18-15(20)10-4-6-12(16)13(7-10)19(21)22/h3-8,17H,1-2H3,(H,18,20). The molecule has 0 saturated heterocycles. The fraction of sp³-hybridized carbons (Fsp3) is 0.133. The van der Waals surface area contributed by atoms with Crippen molar-refractivity contribution < 1.29 is 22.5 Å². The summed E-state index contributed by atoms with van der Waals surface area (Å²) in [7, 11) is -2.45. The Morgan fingerprint density at radius 3 is 2.48 bits per heavy atom. The molecule has 2 aromatic carbocycles. The predicted molar refractivity (Wildman–Crippen MR) is 88.4 cm³/mol. The maximum atomic E-state index is 13.3. The van der Waals surface area contributed by atoms with Gasteiger partial charge < -0.3 is 5.32 Å². The number of nitro groups is 1. The lowest BCUT2D eigenvalue weighted by atomic mass is 10.1. The first kappa shape index (κ1) is 18.5. The minimum atomic E-state index is -3.72. The van der Waals surface area contributed by atoms with Crippen LogP contribution in [0.2, 0.25) is 0 Å². The molecule has 1 amide bonds. The van der Waals surface area contributed by atoms with Crippen molar-refractivity contribution in [2.75, 3.05) is 12.4 Å². The first-order valence-electron chi connectivity index (χ1n) is 6.95. The fourth-order valence-corrected chi connectivity index (χ4v) is 3.07. The lowest BCUT2D eigenvalue weighted by Crippen LogP contribution is -2.20. The van der Waals surface area contributed by atoms with E-state index in [0.717, 1.165) is 18.2 Å². The number of halogens is 1. The van der Waals surface area contributed by atoms with Crippen molar-refractivity contribution in [3.8, 4) is 0 Å². The molecule has 0 heterocycles. The molecule has 25 heavy (non-hydrogen) atoms. The van der Waals surface area contributed by atoms with Crippen LogP contribution in [0.3, 0.4) is 0 Å². The van der Waals surface area contributed by atoms with Crippen LogP contribution in [-0.2, 0) is 10.0 Å². The third-order valence-electron chi connectivity index (χ3n) is 3.41. The van der Waals surface area contributed by atoms with Gasteiger partial charge in [-0.3, -0.25) is 14.9 Å². The average Bonchev–Trinajstić information content (AvgIpc) is 2.56. The van der Waals surface area contributed by atoms with Crippen molar-refractivity contribution in [2.45, 2.75) is 11.8 Å². The number of nitrogens with zero attached hydrogens (tertiary/aromatic N) is 1. The van der Waals surface area contributed by atoms with E-state index in [1.165, 1.54) is 25.2 Å². The van der Waals surface area contributed by atoms with Crippen molar-refractivity contribution in [3.05, 3.63) is 63.5 Å². The quantitative estimate of drug-likeness (QED) is 0.620. The summed E-state index contributed by atoms with van der Waals surface area (Å²) in [5, 5.41) is 13.2. The molecule has 8 nitrogen and oxygen atoms in total. The zero-order valence-corrected chi connectivity index (χ0v) is 14.1. The van der Waals surface area contributed by atoms with Gasteiger partial charge in [-0.25, -0.2) is 13.1 Å². The Hall–Kier alpha value is -2.85. The summed E-state index contributed by atoms with van der Waals surface area (Å²) in [6, 6.07) is 6.98. The molecule has 0 bridgehead atoms. The van der Waals surface area contributed by atoms with E-state index in [0.29, 0.717) is 5.56 Å². The third kappa shape index (κ3) is 3.98. The molecule has 2 N–H and O–H groups in total. The summed E-state index contributed by atoms with van der Waals surface area (Å²) < 4.78 is 39.4. The number of nitrogens with one attached hydrogen (secondary N) is 2. The summed E-state index contributed by atoms with van der Waals surface area (Å²) in [6.07, 6.45) is 0. The number of sulfonamides is 1. The van der Waals surface area contributed by atoms with Crippen LogP contribution in [0.15, 0.2) is 41.3 Å². The van der Waals surface area contributed by atoms with E-state index >= 15 is 0 Å². The highest BCUT2D eigenvalue weighted by molar-refractivity contribution is 7.89. The topological polar surface area (TPSA) is 118 Å². The zero-order chi connectivity index (χ0) is 18.8. The highest BCUT2D eigenvalue weighted by Crippen LogP contribution is 2.22. The molecule has 0 spiro atoms. The van der Waals surface area contributed by atoms with Crippen LogP contribution in [0.5, 0.6) is 0 Å². The summed E-state index contributed by atoms with van der Waals surface area (Å²) in [5.74, 6) is -1.79. The minimum absolute atomic E-state index is 0.0158. The van der Waals surface area contributed by atoms with Crippen molar-refractivity contribution in [3.63, 3.8) is 0 Å². The summed E-state index contributed by atoms with van der Waals surface area (Å²) in [4.78, 5) is 22.0. The van der Waals surface area contributed by atoms with Crippen molar-refractivity contribution in [1.82, 2.24) is 4.72 Å². The summed E-state index contributed by atoms with van der Waals surface area (Å²) in [6.45, 7) is 1.60. The largest absolute Gasteiger partial charge is 0.322 e. The SMILES string of the molecule is CNS(=O)(=O)c1cc(NC(=O)c2ccc(F)c([N+](=O)[O-])c2)ccc1C. The van der Waals surface area contributed by atoms with Crippen LogP contribution in [0, 0.1) is 22.9 Å². The molecule has 0 atom stereocenters. The molecule has 0 aliphatic heterocycles. The number of nitro benzene ring substituents is 1. The van der Waals surface area contributed by atoms with Gasteiger partial charge in [0.25, 0.3) is 5.91 Å². The van der Waals surface area contributed by atoms with Crippen LogP contribution in [0.1, 0.15) is 15.9 Å². The number of anilines is 1. The number of aryl methyl sites for hydroxylation is 1. The second kappa shape index (κ2) is 6.95. The Bertz CT molecular complexity index is 960. The molecule has 2 rings (SSSR count). The molecule has 0 radical (unpaired) electrons. The number of rotatable bonds is 5. The second-order valence-corrected chi connectivity index (χ2v) is 6.92. The van der Waals surface area contributed by atoms with E-state index in [9.17, 15) is 27.7 Å². The van der Waals surface area contributed by atoms with E-state index in [2.05, 4.69) is 10.0 Å². The molecular weight excluding hydrogens is 353 g/mol. The highest BCUT2D eigenvalue weighted by Gasteiger charge is 2.19. The van der Waals surface area contributed by atoms with Gasteiger partial charge in [0, 0.05) is 17.3 Å². The van der Waals surface area contributed by atoms with Gasteiger partial charge in [0.2, 0.25) is 15.8 Å². The van der Waals surface area contributed by atoms with Crippen LogP contribution >= 0.6 is 0 Å². The van der Waals surface area contributed by atoms with Crippen LogP contribution < -0.4 is 10.0 Å². The molecular formula is C15H14FN3O5S. The van der Waals surface area contributed by atoms with Gasteiger partial charge in [-0.2, -0.15) is 4.39 Å². The maximum absolute atomic E-state index is 13.3. The van der Waals surface area contributed by atoms with Gasteiger partial charge in [-0.05, 0) is 43.8 Å². The lowest BCUT2D eigenvalue weighted by Gasteiger charge is -2.10. The Morgan fingerprint density at radius 1 is 1.20 bits per heavy atom. The van der Waals surface area contributed by atoms with Crippen molar-refractivity contribution in [1.29, 1.82) is 0 Å². The van der Waals surface area contributed by atoms with E-state index < -0.39 is 32.4 Å². The Kier molecular flexibility index (Phi) is 5.14. The molecule has 10 heteroatoms. The number of hydrogen-bond donors (Lipinski definition) is 2. The Morgan fingerprint density at radius 2 is 1.88 bits per heavy atom. The van der Waals surface area contributed by atoms with Gasteiger partial charge in [-0.1, -0.05) is 6.07 Å². The summed E-state index contributed by atoms with van der Waals surface area (Å²) >= 11 is 0. The summed E-state index contributed by atoms with van der Waals surface area (Å²) in [5.41, 5.74) is -0.303. The number of carbonyl (C=O) groups is 1. The van der Waals surface area contributed by atoms with Gasteiger partial charge in [0.15, 0.2) is 0 Å². The van der Waals surface area contributed by atoms with Gasteiger partial charge in [-0.15, -0.1) is 0 Å². The number of hydrogen-bond acceptors (Lipinski definition) is 5. The number of carbonyl (C=O) groups excluding carboxylic acids is 1. The van der Waals surface area contributed by atoms with Crippen molar-refractivity contribution >= 4 is 27.3 Å². The lowest BCUT2D eigenvalue weighted by molar-refractivity contribution is -0.387. The molecule has 0 aliphatic rings. The van der Waals surface area contributed by atoms with E-state index in [-0.39, 0.29) is 16.1 Å². The molecule has 0 aromatic heterocycles. The zero-order valence-electron chi connectivity index (χ0n) is 13.2. The third-order valence-corrected chi connectivity index (χ3v) is 4.97. The van der Waals surface area contributed by atoms with Crippen LogP contribution in [0.4, 0.5) is 15.8 Å². The fourth-order valence-electron chi connectivity index (χ4n) is 2.07. The average molecular weight is 367 g/mol. The van der Waals surface area contributed by atoms with Gasteiger partial charge >= 0.3 is 5.69 Å². The molecule has 0 fully saturated rings. The number of amides is 1. The predicted octanol–water partition coefficient (Wildman–Crippen LogP) is 2.20. The second-order valence-electron chi connectivity index (χ2n) is 5.07. The van der Waals surface area contributed by atoms with E-state index in [1.54, 1.807) is 6.92 Å². The molecule has 132 valence electrons. The van der Waals surface area contributed by atoms with E-state index in [1.807, 2.05) is 0 Å². The molecule has 2 aromatic rings. The van der Waals surface area contributed by atoms with Gasteiger partial charge in [0.1, 0.15) is 0 Å². The van der Waals surface area contributed by atoms with Crippen LogP contribution in [-0.4, -0.2) is 26.3 Å². The van der Waals surface area contributed by atoms with Crippen molar-refractivity contribution in [2.24, 2.45) is 0 Å². The smallest absolute Gasteiger partial charge is 0.305 e. The maximum Gasteiger partial charge on any atom is 0.305 e. The molecule has 0 saturated carbocycles. The molecule has 0 aliphatic carbocycles. The Balaban J connectivity index is 2.35. The monoisotopic (exact) mass is 367 g/mol. The first-order valence-corrected chi connectivity index (χ1v) is 8.43.